The third-order valence-electron chi connectivity index (χ3n) is 6.16. The van der Waals surface area contributed by atoms with Gasteiger partial charge >= 0.3 is 0 Å². The molecule has 0 unspecified atom stereocenters. The Labute approximate surface area is 207 Å². The predicted molar refractivity (Wildman–Crippen MR) is 127 cm³/mol. The van der Waals surface area contributed by atoms with Crippen LogP contribution in [0, 0.1) is 5.92 Å². The quantitative estimate of drug-likeness (QED) is 0.318. The number of carbonyl (C=O) groups is 2. The summed E-state index contributed by atoms with van der Waals surface area (Å²) in [4.78, 5) is 37.5. The van der Waals surface area contributed by atoms with Crippen LogP contribution in [-0.2, 0) is 6.61 Å². The first-order chi connectivity index (χ1) is 16.8. The number of carbonyl (C=O) groups excluding carboxylic acids is 2. The van der Waals surface area contributed by atoms with Crippen LogP contribution in [0.2, 0.25) is 10.0 Å². The molecule has 1 saturated heterocycles. The highest BCUT2D eigenvalue weighted by atomic mass is 35.5. The number of fused-ring (bicyclic) bond motifs is 2. The molecule has 0 spiro atoms. The van der Waals surface area contributed by atoms with Crippen LogP contribution in [-0.4, -0.2) is 62.3 Å². The number of nitrogens with zero attached hydrogens (tertiary/aromatic N) is 2. The van der Waals surface area contributed by atoms with Gasteiger partial charge in [-0.3, -0.25) is 9.59 Å². The molecule has 182 valence electrons. The summed E-state index contributed by atoms with van der Waals surface area (Å²) in [5.74, 6) is -2.15. The van der Waals surface area contributed by atoms with E-state index in [0.717, 1.165) is 0 Å². The number of halogens is 4. The van der Waals surface area contributed by atoms with E-state index in [9.17, 15) is 23.5 Å². The lowest BCUT2D eigenvalue weighted by Crippen LogP contribution is -2.43. The van der Waals surface area contributed by atoms with Gasteiger partial charge < -0.3 is 25.3 Å². The van der Waals surface area contributed by atoms with Gasteiger partial charge in [-0.2, -0.15) is 0 Å². The Morgan fingerprint density at radius 2 is 1.97 bits per heavy atom. The minimum Gasteiger partial charge on any atom is -0.388 e. The first-order valence-electron chi connectivity index (χ1n) is 10.7. The van der Waals surface area contributed by atoms with Crippen LogP contribution in [0.3, 0.4) is 0 Å². The van der Waals surface area contributed by atoms with Gasteiger partial charge in [0.15, 0.2) is 0 Å². The van der Waals surface area contributed by atoms with E-state index >= 15 is 0 Å². The molecule has 8 nitrogen and oxygen atoms in total. The average Bonchev–Trinajstić information content (AvgIpc) is 3.54. The summed E-state index contributed by atoms with van der Waals surface area (Å²) in [6, 6.07) is 8.76. The summed E-state index contributed by atoms with van der Waals surface area (Å²) in [7, 11) is 0. The molecule has 1 aliphatic heterocycles. The fraction of sp³-hybridized carbons (Fsp3) is 0.261. The zero-order valence-corrected chi connectivity index (χ0v) is 19.5. The highest BCUT2D eigenvalue weighted by molar-refractivity contribution is 6.39. The number of hydrogen-bond donors (Lipinski definition) is 4. The number of rotatable bonds is 5. The van der Waals surface area contributed by atoms with Crippen LogP contribution in [0.15, 0.2) is 36.4 Å². The topological polar surface area (TPSA) is 114 Å². The highest BCUT2D eigenvalue weighted by Crippen LogP contribution is 2.32. The maximum atomic E-state index is 13.9. The number of hydrogen-bond acceptors (Lipinski definition) is 4. The average molecular weight is 522 g/mol. The Balaban J connectivity index is 1.39. The van der Waals surface area contributed by atoms with Crippen LogP contribution in [0.4, 0.5) is 8.78 Å². The number of amides is 2. The molecule has 1 aliphatic rings. The van der Waals surface area contributed by atoms with E-state index in [1.807, 2.05) is 0 Å². The second kappa shape index (κ2) is 9.10. The lowest BCUT2D eigenvalue weighted by molar-refractivity contribution is 0.0621. The number of alkyl halides is 2. The first kappa shape index (κ1) is 23.5. The molecule has 12 heteroatoms. The minimum atomic E-state index is -2.77. The van der Waals surface area contributed by atoms with Crippen molar-refractivity contribution in [1.82, 2.24) is 25.2 Å². The summed E-state index contributed by atoms with van der Waals surface area (Å²) in [5.41, 5.74) is 1.68. The van der Waals surface area contributed by atoms with Gasteiger partial charge in [-0.05, 0) is 30.3 Å². The lowest BCUT2D eigenvalue weighted by atomic mass is 10.0. The van der Waals surface area contributed by atoms with Gasteiger partial charge in [-0.1, -0.05) is 29.3 Å². The van der Waals surface area contributed by atoms with E-state index in [4.69, 9.17) is 23.2 Å². The second-order valence-electron chi connectivity index (χ2n) is 8.34. The molecule has 3 heterocycles. The van der Waals surface area contributed by atoms with Crippen molar-refractivity contribution < 1.29 is 23.5 Å². The molecule has 35 heavy (non-hydrogen) atoms. The normalized spacial score (nSPS) is 18.2. The van der Waals surface area contributed by atoms with Crippen molar-refractivity contribution in [3.8, 4) is 0 Å². The number of para-hydroxylation sites is 1. The summed E-state index contributed by atoms with van der Waals surface area (Å²) in [5, 5.41) is 13.1. The Bertz CT molecular complexity index is 1450. The highest BCUT2D eigenvalue weighted by Gasteiger charge is 2.42. The molecule has 2 atom stereocenters. The standard InChI is InChI=1S/C23H19Cl2F2N5O3/c24-10-4-5-14-12(6-10)18(25)20(29-14)23(35)32-7-13(21(26)27)16(8-32)30-22(34)11-2-1-3-15-19(11)31-17(9-33)28-15/h1-6,13,16,21,29,33H,7-9H2,(H,28,31)(H,30,34)/t13-,16-/m1/s1. The number of imidazole rings is 1. The van der Waals surface area contributed by atoms with Crippen LogP contribution in [0.1, 0.15) is 26.7 Å². The molecule has 2 amide bonds. The van der Waals surface area contributed by atoms with Crippen molar-refractivity contribution in [1.29, 1.82) is 0 Å². The maximum absolute atomic E-state index is 13.9. The van der Waals surface area contributed by atoms with Crippen LogP contribution in [0.25, 0.3) is 21.9 Å². The smallest absolute Gasteiger partial charge is 0.271 e. The second-order valence-corrected chi connectivity index (χ2v) is 9.15. The van der Waals surface area contributed by atoms with Crippen molar-refractivity contribution in [2.24, 2.45) is 5.92 Å². The number of nitrogens with one attached hydrogen (secondary N) is 3. The number of aromatic amines is 2. The summed E-state index contributed by atoms with van der Waals surface area (Å²) in [6.07, 6.45) is -2.77. The fourth-order valence-corrected chi connectivity index (χ4v) is 4.88. The van der Waals surface area contributed by atoms with Crippen molar-refractivity contribution in [3.63, 3.8) is 0 Å². The van der Waals surface area contributed by atoms with E-state index in [2.05, 4.69) is 20.3 Å². The zero-order chi connectivity index (χ0) is 24.9. The van der Waals surface area contributed by atoms with Crippen LogP contribution in [0.5, 0.6) is 0 Å². The number of H-pyrrole nitrogens is 2. The van der Waals surface area contributed by atoms with Crippen LogP contribution < -0.4 is 5.32 Å². The Kier molecular flexibility index (Phi) is 6.12. The molecule has 1 fully saturated rings. The van der Waals surface area contributed by atoms with Gasteiger partial charge in [0.05, 0.1) is 28.1 Å². The number of aliphatic hydroxyl groups is 1. The SMILES string of the molecule is O=C(N[C@@H]1CN(C(=O)c2[nH]c3ccc(Cl)cc3c2Cl)C[C@H]1C(F)F)c1cccc2[nH]c(CO)nc12. The van der Waals surface area contributed by atoms with E-state index in [0.29, 0.717) is 27.0 Å². The van der Waals surface area contributed by atoms with Gasteiger partial charge in [-0.25, -0.2) is 13.8 Å². The predicted octanol–water partition coefficient (Wildman–Crippen LogP) is 3.98. The minimum absolute atomic E-state index is 0.0711. The van der Waals surface area contributed by atoms with Crippen LogP contribution >= 0.6 is 23.2 Å². The number of aromatic nitrogens is 3. The fourth-order valence-electron chi connectivity index (χ4n) is 4.43. The summed E-state index contributed by atoms with van der Waals surface area (Å²) in [6.45, 7) is -0.717. The molecular formula is C23H19Cl2F2N5O3. The van der Waals surface area contributed by atoms with Gasteiger partial charge in [0, 0.05) is 29.0 Å². The van der Waals surface area contributed by atoms with Gasteiger partial charge in [0.1, 0.15) is 23.6 Å². The molecule has 5 rings (SSSR count). The number of likely N-dealkylation sites (tertiary alicyclic amines) is 1. The summed E-state index contributed by atoms with van der Waals surface area (Å²) >= 11 is 12.4. The Hall–Kier alpha value is -3.21. The molecule has 2 aromatic heterocycles. The number of aliphatic hydroxyl groups excluding tert-OH is 1. The molecule has 0 aliphatic carbocycles. The van der Waals surface area contributed by atoms with Crippen molar-refractivity contribution in [2.45, 2.75) is 19.1 Å². The number of benzene rings is 2. The molecule has 0 saturated carbocycles. The van der Waals surface area contributed by atoms with Crippen molar-refractivity contribution in [3.05, 3.63) is 63.5 Å². The third-order valence-corrected chi connectivity index (χ3v) is 6.79. The molecule has 0 bridgehead atoms. The molecule has 2 aromatic carbocycles. The van der Waals surface area contributed by atoms with Gasteiger partial charge in [0.25, 0.3) is 11.8 Å². The van der Waals surface area contributed by atoms with Gasteiger partial charge in [0.2, 0.25) is 6.43 Å². The summed E-state index contributed by atoms with van der Waals surface area (Å²) < 4.78 is 27.8. The molecule has 4 N–H and O–H groups in total. The Morgan fingerprint density at radius 3 is 2.71 bits per heavy atom. The monoisotopic (exact) mass is 521 g/mol. The third kappa shape index (κ3) is 4.22. The van der Waals surface area contributed by atoms with Crippen molar-refractivity contribution in [2.75, 3.05) is 13.1 Å². The van der Waals surface area contributed by atoms with E-state index in [1.54, 1.807) is 30.3 Å². The molecule has 4 aromatic rings. The lowest BCUT2D eigenvalue weighted by Gasteiger charge is -2.19. The molecule has 0 radical (unpaired) electrons. The van der Waals surface area contributed by atoms with Crippen molar-refractivity contribution >= 4 is 57.0 Å². The Morgan fingerprint density at radius 1 is 1.17 bits per heavy atom. The largest absolute Gasteiger partial charge is 0.388 e. The molecular weight excluding hydrogens is 503 g/mol. The first-order valence-corrected chi connectivity index (χ1v) is 11.5. The maximum Gasteiger partial charge on any atom is 0.271 e. The van der Waals surface area contributed by atoms with E-state index in [1.165, 1.54) is 11.0 Å². The van der Waals surface area contributed by atoms with Gasteiger partial charge in [-0.15, -0.1) is 0 Å². The van der Waals surface area contributed by atoms with E-state index in [-0.39, 0.29) is 41.8 Å². The van der Waals surface area contributed by atoms with E-state index < -0.39 is 30.2 Å². The zero-order valence-electron chi connectivity index (χ0n) is 18.0.